The molecule has 0 radical (unpaired) electrons. The Morgan fingerprint density at radius 2 is 1.76 bits per heavy atom. The highest BCUT2D eigenvalue weighted by molar-refractivity contribution is 5.87. The van der Waals surface area contributed by atoms with Crippen molar-refractivity contribution in [3.8, 4) is 0 Å². The molecule has 0 aromatic heterocycles. The number of aliphatic carboxylic acids is 1. The van der Waals surface area contributed by atoms with Gasteiger partial charge < -0.3 is 14.7 Å². The molecule has 1 rings (SSSR count). The number of hydrogen-bond donors (Lipinski definition) is 1. The first-order valence-corrected chi connectivity index (χ1v) is 7.42. The predicted octanol–water partition coefficient (Wildman–Crippen LogP) is 1.82. The molecule has 0 aromatic carbocycles. The molecule has 1 amide bonds. The van der Waals surface area contributed by atoms with Gasteiger partial charge in [-0.1, -0.05) is 19.3 Å². The maximum absolute atomic E-state index is 12.5. The quantitative estimate of drug-likeness (QED) is 0.756. The molecule has 0 saturated heterocycles. The molecule has 0 aliphatic heterocycles. The Bertz CT molecular complexity index is 399. The summed E-state index contributed by atoms with van der Waals surface area (Å²) in [6.45, 7) is 3.47. The summed E-state index contributed by atoms with van der Waals surface area (Å²) in [5.74, 6) is -1.69. The van der Waals surface area contributed by atoms with Crippen LogP contribution in [0.1, 0.15) is 52.4 Å². The molecule has 1 aliphatic carbocycles. The molecule has 1 N–H and O–H groups in total. The van der Waals surface area contributed by atoms with Gasteiger partial charge in [-0.15, -0.1) is 0 Å². The van der Waals surface area contributed by atoms with Gasteiger partial charge in [-0.05, 0) is 26.7 Å². The minimum absolute atomic E-state index is 0.0441. The van der Waals surface area contributed by atoms with Crippen molar-refractivity contribution in [1.29, 1.82) is 0 Å². The Labute approximate surface area is 125 Å². The molecule has 1 saturated carbocycles. The number of amides is 1. The zero-order valence-electron chi connectivity index (χ0n) is 13.1. The lowest BCUT2D eigenvalue weighted by Gasteiger charge is -2.35. The third-order valence-corrected chi connectivity index (χ3v) is 4.22. The van der Waals surface area contributed by atoms with Crippen LogP contribution in [0.15, 0.2) is 0 Å². The first kappa shape index (κ1) is 17.5. The van der Waals surface area contributed by atoms with Crippen molar-refractivity contribution in [3.63, 3.8) is 0 Å². The van der Waals surface area contributed by atoms with Crippen molar-refractivity contribution in [2.75, 3.05) is 13.7 Å². The third kappa shape index (κ3) is 4.44. The molecule has 6 nitrogen and oxygen atoms in total. The van der Waals surface area contributed by atoms with Gasteiger partial charge in [0.2, 0.25) is 5.91 Å². The van der Waals surface area contributed by atoms with Gasteiger partial charge in [0.15, 0.2) is 0 Å². The number of rotatable bonds is 6. The van der Waals surface area contributed by atoms with Gasteiger partial charge in [0.25, 0.3) is 0 Å². The molecule has 1 fully saturated rings. The van der Waals surface area contributed by atoms with Gasteiger partial charge in [0, 0.05) is 12.5 Å². The predicted molar refractivity (Wildman–Crippen MR) is 76.6 cm³/mol. The summed E-state index contributed by atoms with van der Waals surface area (Å²) in [6, 6.07) is -0.175. The van der Waals surface area contributed by atoms with E-state index < -0.39 is 17.4 Å². The molecule has 6 heteroatoms. The summed E-state index contributed by atoms with van der Waals surface area (Å²) >= 11 is 0. The van der Waals surface area contributed by atoms with Crippen LogP contribution in [0, 0.1) is 5.41 Å². The molecule has 120 valence electrons. The molecule has 0 unspecified atom stereocenters. The third-order valence-electron chi connectivity index (χ3n) is 4.22. The number of carbonyl (C=O) groups excluding carboxylic acids is 2. The summed E-state index contributed by atoms with van der Waals surface area (Å²) in [4.78, 5) is 36.9. The monoisotopic (exact) mass is 299 g/mol. The highest BCUT2D eigenvalue weighted by Crippen LogP contribution is 2.40. The summed E-state index contributed by atoms with van der Waals surface area (Å²) in [7, 11) is 1.27. The van der Waals surface area contributed by atoms with E-state index in [-0.39, 0.29) is 24.9 Å². The van der Waals surface area contributed by atoms with E-state index >= 15 is 0 Å². The lowest BCUT2D eigenvalue weighted by atomic mass is 9.71. The number of carboxylic acid groups (broad SMARTS) is 1. The van der Waals surface area contributed by atoms with E-state index in [4.69, 9.17) is 0 Å². The lowest BCUT2D eigenvalue weighted by Crippen LogP contribution is -2.45. The second-order valence-corrected chi connectivity index (χ2v) is 6.01. The minimum Gasteiger partial charge on any atom is -0.481 e. The zero-order valence-corrected chi connectivity index (χ0v) is 13.1. The van der Waals surface area contributed by atoms with E-state index in [1.165, 1.54) is 12.0 Å². The van der Waals surface area contributed by atoms with Crippen molar-refractivity contribution >= 4 is 17.8 Å². The van der Waals surface area contributed by atoms with Crippen LogP contribution in [-0.4, -0.2) is 47.5 Å². The van der Waals surface area contributed by atoms with Crippen LogP contribution in [-0.2, 0) is 19.1 Å². The Hall–Kier alpha value is -1.59. The summed E-state index contributed by atoms with van der Waals surface area (Å²) < 4.78 is 4.59. The Morgan fingerprint density at radius 1 is 1.19 bits per heavy atom. The number of esters is 1. The maximum Gasteiger partial charge on any atom is 0.325 e. The number of hydrogen-bond acceptors (Lipinski definition) is 4. The van der Waals surface area contributed by atoms with E-state index in [1.807, 2.05) is 0 Å². The van der Waals surface area contributed by atoms with Gasteiger partial charge in [-0.2, -0.15) is 0 Å². The molecule has 0 spiro atoms. The van der Waals surface area contributed by atoms with Crippen LogP contribution in [0.3, 0.4) is 0 Å². The van der Waals surface area contributed by atoms with E-state index in [1.54, 1.807) is 13.8 Å². The number of ether oxygens (including phenoxy) is 1. The zero-order chi connectivity index (χ0) is 16.0. The van der Waals surface area contributed by atoms with Crippen LogP contribution in [0.25, 0.3) is 0 Å². The van der Waals surface area contributed by atoms with Crippen LogP contribution in [0.5, 0.6) is 0 Å². The first-order chi connectivity index (χ1) is 9.82. The Balaban J connectivity index is 2.83. The van der Waals surface area contributed by atoms with Crippen LogP contribution >= 0.6 is 0 Å². The van der Waals surface area contributed by atoms with Crippen molar-refractivity contribution in [3.05, 3.63) is 0 Å². The Morgan fingerprint density at radius 3 is 2.19 bits per heavy atom. The number of carbonyl (C=O) groups is 3. The maximum atomic E-state index is 12.5. The number of methoxy groups -OCH3 is 1. The number of carboxylic acids is 1. The fourth-order valence-electron chi connectivity index (χ4n) is 2.85. The molecule has 0 aromatic rings. The average Bonchev–Trinajstić information content (AvgIpc) is 2.44. The van der Waals surface area contributed by atoms with Crippen molar-refractivity contribution in [1.82, 2.24) is 4.90 Å². The minimum atomic E-state index is -0.974. The van der Waals surface area contributed by atoms with E-state index in [0.29, 0.717) is 12.8 Å². The fourth-order valence-corrected chi connectivity index (χ4v) is 2.85. The van der Waals surface area contributed by atoms with E-state index in [0.717, 1.165) is 19.3 Å². The SMILES string of the molecule is COC(=O)CN(C(=O)CC1(C(=O)O)CCCCC1)C(C)C. The highest BCUT2D eigenvalue weighted by Gasteiger charge is 2.42. The standard InChI is InChI=1S/C15H25NO5/c1-11(2)16(10-13(18)21-3)12(17)9-15(14(19)20)7-5-4-6-8-15/h11H,4-10H2,1-3H3,(H,19,20). The normalized spacial score (nSPS) is 17.3. The highest BCUT2D eigenvalue weighted by atomic mass is 16.5. The summed E-state index contributed by atoms with van der Waals surface area (Å²) in [5.41, 5.74) is -0.974. The molecular weight excluding hydrogens is 274 g/mol. The molecule has 21 heavy (non-hydrogen) atoms. The second kappa shape index (κ2) is 7.43. The largest absolute Gasteiger partial charge is 0.481 e. The lowest BCUT2D eigenvalue weighted by molar-refractivity contribution is -0.157. The first-order valence-electron chi connectivity index (χ1n) is 7.42. The molecule has 1 aliphatic rings. The van der Waals surface area contributed by atoms with Crippen LogP contribution < -0.4 is 0 Å². The van der Waals surface area contributed by atoms with Gasteiger partial charge in [0.1, 0.15) is 6.54 Å². The van der Waals surface area contributed by atoms with Crippen molar-refractivity contribution in [2.24, 2.45) is 5.41 Å². The van der Waals surface area contributed by atoms with Crippen LogP contribution in [0.2, 0.25) is 0 Å². The summed E-state index contributed by atoms with van der Waals surface area (Å²) in [6.07, 6.45) is 3.68. The fraction of sp³-hybridized carbons (Fsp3) is 0.800. The molecule has 0 heterocycles. The van der Waals surface area contributed by atoms with Gasteiger partial charge >= 0.3 is 11.9 Å². The van der Waals surface area contributed by atoms with Crippen LogP contribution in [0.4, 0.5) is 0 Å². The molecule has 0 atom stereocenters. The van der Waals surface area contributed by atoms with E-state index in [9.17, 15) is 19.5 Å². The van der Waals surface area contributed by atoms with Crippen molar-refractivity contribution in [2.45, 2.75) is 58.4 Å². The summed E-state index contributed by atoms with van der Waals surface area (Å²) in [5, 5.41) is 9.52. The smallest absolute Gasteiger partial charge is 0.325 e. The van der Waals surface area contributed by atoms with Gasteiger partial charge in [-0.3, -0.25) is 14.4 Å². The van der Waals surface area contributed by atoms with Gasteiger partial charge in [0.05, 0.1) is 12.5 Å². The number of nitrogens with zero attached hydrogens (tertiary/aromatic N) is 1. The molecule has 0 bridgehead atoms. The van der Waals surface area contributed by atoms with E-state index in [2.05, 4.69) is 4.74 Å². The second-order valence-electron chi connectivity index (χ2n) is 6.01. The average molecular weight is 299 g/mol. The van der Waals surface area contributed by atoms with Gasteiger partial charge in [-0.25, -0.2) is 0 Å². The topological polar surface area (TPSA) is 83.9 Å². The Kier molecular flexibility index (Phi) is 6.18. The molecular formula is C15H25NO5. The van der Waals surface area contributed by atoms with Crippen molar-refractivity contribution < 1.29 is 24.2 Å².